The van der Waals surface area contributed by atoms with E-state index < -0.39 is 0 Å². The lowest BCUT2D eigenvalue weighted by Crippen LogP contribution is -1.99. The number of hydrogen-bond donors (Lipinski definition) is 1. The van der Waals surface area contributed by atoms with Crippen LogP contribution in [-0.2, 0) is 0 Å². The van der Waals surface area contributed by atoms with Gasteiger partial charge in [-0.15, -0.1) is 0 Å². The molecule has 0 aliphatic heterocycles. The van der Waals surface area contributed by atoms with Crippen LogP contribution < -0.4 is 0 Å². The molecule has 0 spiro atoms. The van der Waals surface area contributed by atoms with Crippen LogP contribution in [0.3, 0.4) is 0 Å². The van der Waals surface area contributed by atoms with Crippen LogP contribution in [0.5, 0.6) is 0 Å². The van der Waals surface area contributed by atoms with Crippen molar-refractivity contribution in [3.8, 4) is 0 Å². The maximum atomic E-state index is 8.33. The average molecular weight is 190 g/mol. The number of rotatable bonds is 0. The molecule has 0 saturated carbocycles. The summed E-state index contributed by atoms with van der Waals surface area (Å²) < 4.78 is 1.13. The van der Waals surface area contributed by atoms with Gasteiger partial charge < -0.3 is 5.21 Å². The van der Waals surface area contributed by atoms with E-state index in [1.165, 1.54) is 0 Å². The Hall–Kier alpha value is -0.310. The van der Waals surface area contributed by atoms with Crippen LogP contribution in [-0.4, -0.2) is 10.9 Å². The lowest BCUT2D eigenvalue weighted by atomic mass is 10.1. The van der Waals surface area contributed by atoms with Gasteiger partial charge in [0, 0.05) is 0 Å². The van der Waals surface area contributed by atoms with Gasteiger partial charge in [0.25, 0.3) is 0 Å². The van der Waals surface area contributed by atoms with Gasteiger partial charge in [0.2, 0.25) is 0 Å². The number of halogens is 1. The molecule has 1 aliphatic carbocycles. The molecule has 0 heterocycles. The minimum absolute atomic E-state index is 0.771. The van der Waals surface area contributed by atoms with E-state index in [1.807, 2.05) is 6.08 Å². The molecule has 0 atom stereocenters. The Labute approximate surface area is 62.4 Å². The highest BCUT2D eigenvalue weighted by Gasteiger charge is 2.05. The molecule has 1 aliphatic rings. The van der Waals surface area contributed by atoms with E-state index in [4.69, 9.17) is 5.21 Å². The van der Waals surface area contributed by atoms with Crippen molar-refractivity contribution in [3.05, 3.63) is 10.6 Å². The maximum absolute atomic E-state index is 8.33. The normalized spacial score (nSPS) is 24.1. The summed E-state index contributed by atoms with van der Waals surface area (Å²) in [5.74, 6) is 0. The first-order valence-electron chi connectivity index (χ1n) is 2.90. The Kier molecular flexibility index (Phi) is 2.28. The van der Waals surface area contributed by atoms with Gasteiger partial charge in [-0.3, -0.25) is 0 Å². The monoisotopic (exact) mass is 189 g/mol. The first-order chi connectivity index (χ1) is 4.33. The summed E-state index contributed by atoms with van der Waals surface area (Å²) >= 11 is 3.34. The van der Waals surface area contributed by atoms with E-state index in [1.54, 1.807) is 0 Å². The van der Waals surface area contributed by atoms with Gasteiger partial charge in [0.1, 0.15) is 0 Å². The van der Waals surface area contributed by atoms with E-state index >= 15 is 0 Å². The Morgan fingerprint density at radius 3 is 2.78 bits per heavy atom. The standard InChI is InChI=1S/C6H8BrNO/c7-5-2-1-3-6(4-5)8-9/h4,9H,1-3H2/b8-6+. The molecule has 0 bridgehead atoms. The lowest BCUT2D eigenvalue weighted by Gasteiger charge is -2.06. The Morgan fingerprint density at radius 2 is 2.33 bits per heavy atom. The molecule has 0 aromatic carbocycles. The molecule has 0 unspecified atom stereocenters. The SMILES string of the molecule is O/N=C1/C=C(Br)CCC1. The van der Waals surface area contributed by atoms with Crippen molar-refractivity contribution in [3.63, 3.8) is 0 Å². The zero-order valence-corrected chi connectivity index (χ0v) is 6.56. The third-order valence-corrected chi connectivity index (χ3v) is 1.93. The number of nitrogens with zero attached hydrogens (tertiary/aromatic N) is 1. The summed E-state index contributed by atoms with van der Waals surface area (Å²) in [6, 6.07) is 0. The second-order valence-corrected chi connectivity index (χ2v) is 3.05. The molecule has 1 N–H and O–H groups in total. The first-order valence-corrected chi connectivity index (χ1v) is 3.69. The first kappa shape index (κ1) is 6.81. The fourth-order valence-electron chi connectivity index (χ4n) is 0.842. The molecule has 9 heavy (non-hydrogen) atoms. The van der Waals surface area contributed by atoms with E-state index in [-0.39, 0.29) is 0 Å². The summed E-state index contributed by atoms with van der Waals surface area (Å²) in [5.41, 5.74) is 0.771. The summed E-state index contributed by atoms with van der Waals surface area (Å²) in [6.07, 6.45) is 4.91. The van der Waals surface area contributed by atoms with E-state index in [0.717, 1.165) is 29.5 Å². The van der Waals surface area contributed by atoms with E-state index in [9.17, 15) is 0 Å². The highest BCUT2D eigenvalue weighted by molar-refractivity contribution is 9.11. The van der Waals surface area contributed by atoms with Crippen molar-refractivity contribution in [2.45, 2.75) is 19.3 Å². The van der Waals surface area contributed by atoms with Gasteiger partial charge in [-0.25, -0.2) is 0 Å². The average Bonchev–Trinajstić information content (AvgIpc) is 1.88. The van der Waals surface area contributed by atoms with Gasteiger partial charge in [-0.05, 0) is 29.8 Å². The fraction of sp³-hybridized carbons (Fsp3) is 0.500. The molecule has 0 amide bonds. The van der Waals surface area contributed by atoms with Crippen LogP contribution >= 0.6 is 15.9 Å². The minimum Gasteiger partial charge on any atom is -0.411 e. The molecule has 3 heteroatoms. The summed E-state index contributed by atoms with van der Waals surface area (Å²) in [7, 11) is 0. The van der Waals surface area contributed by atoms with Crippen molar-refractivity contribution in [2.24, 2.45) is 5.16 Å². The summed E-state index contributed by atoms with van der Waals surface area (Å²) in [6.45, 7) is 0. The molecule has 50 valence electrons. The zero-order valence-electron chi connectivity index (χ0n) is 4.97. The van der Waals surface area contributed by atoms with Crippen LogP contribution in [0, 0.1) is 0 Å². The molecular formula is C6H8BrNO. The van der Waals surface area contributed by atoms with Gasteiger partial charge in [0.05, 0.1) is 5.71 Å². The minimum atomic E-state index is 0.771. The van der Waals surface area contributed by atoms with Gasteiger partial charge in [0.15, 0.2) is 0 Å². The van der Waals surface area contributed by atoms with Crippen molar-refractivity contribution >= 4 is 21.6 Å². The Balaban J connectivity index is 2.68. The fourth-order valence-corrected chi connectivity index (χ4v) is 1.39. The largest absolute Gasteiger partial charge is 0.411 e. The molecule has 1 rings (SSSR count). The molecule has 0 saturated heterocycles. The number of oxime groups is 1. The lowest BCUT2D eigenvalue weighted by molar-refractivity contribution is 0.318. The Morgan fingerprint density at radius 1 is 1.56 bits per heavy atom. The zero-order chi connectivity index (χ0) is 6.69. The van der Waals surface area contributed by atoms with Crippen molar-refractivity contribution in [1.29, 1.82) is 0 Å². The van der Waals surface area contributed by atoms with Crippen LogP contribution in [0.2, 0.25) is 0 Å². The quantitative estimate of drug-likeness (QED) is 0.461. The van der Waals surface area contributed by atoms with Crippen molar-refractivity contribution in [2.75, 3.05) is 0 Å². The molecular weight excluding hydrogens is 182 g/mol. The summed E-state index contributed by atoms with van der Waals surface area (Å²) in [4.78, 5) is 0. The number of hydrogen-bond acceptors (Lipinski definition) is 2. The molecule has 2 nitrogen and oxygen atoms in total. The molecule has 0 fully saturated rings. The van der Waals surface area contributed by atoms with Crippen LogP contribution in [0.15, 0.2) is 15.7 Å². The van der Waals surface area contributed by atoms with Gasteiger partial charge >= 0.3 is 0 Å². The summed E-state index contributed by atoms with van der Waals surface area (Å²) in [5, 5.41) is 11.4. The molecule has 0 radical (unpaired) electrons. The van der Waals surface area contributed by atoms with E-state index in [2.05, 4.69) is 21.1 Å². The number of allylic oxidation sites excluding steroid dienone is 2. The van der Waals surface area contributed by atoms with E-state index in [0.29, 0.717) is 0 Å². The van der Waals surface area contributed by atoms with Crippen LogP contribution in [0.4, 0.5) is 0 Å². The second kappa shape index (κ2) is 3.01. The predicted octanol–water partition coefficient (Wildman–Crippen LogP) is 2.28. The van der Waals surface area contributed by atoms with Gasteiger partial charge in [-0.2, -0.15) is 0 Å². The molecule has 0 aromatic rings. The maximum Gasteiger partial charge on any atom is 0.0803 e. The van der Waals surface area contributed by atoms with Crippen LogP contribution in [0.25, 0.3) is 0 Å². The Bertz CT molecular complexity index is 162. The second-order valence-electron chi connectivity index (χ2n) is 2.04. The third-order valence-electron chi connectivity index (χ3n) is 1.30. The van der Waals surface area contributed by atoms with Gasteiger partial charge in [-0.1, -0.05) is 21.1 Å². The highest BCUT2D eigenvalue weighted by atomic mass is 79.9. The predicted molar refractivity (Wildman–Crippen MR) is 40.1 cm³/mol. The smallest absolute Gasteiger partial charge is 0.0803 e. The van der Waals surface area contributed by atoms with Crippen molar-refractivity contribution < 1.29 is 5.21 Å². The topological polar surface area (TPSA) is 32.6 Å². The molecule has 0 aromatic heterocycles. The van der Waals surface area contributed by atoms with Crippen molar-refractivity contribution in [1.82, 2.24) is 0 Å². The highest BCUT2D eigenvalue weighted by Crippen LogP contribution is 2.20. The van der Waals surface area contributed by atoms with Crippen LogP contribution in [0.1, 0.15) is 19.3 Å². The third kappa shape index (κ3) is 1.82.